The molecule has 2 aromatic carbocycles. The Morgan fingerprint density at radius 2 is 1.84 bits per heavy atom. The molecule has 0 atom stereocenters. The maximum absolute atomic E-state index is 12.8. The van der Waals surface area contributed by atoms with E-state index in [4.69, 9.17) is 11.6 Å². The van der Waals surface area contributed by atoms with Crippen molar-refractivity contribution in [2.45, 2.75) is 26.9 Å². The molecule has 0 fully saturated rings. The fourth-order valence-corrected chi connectivity index (χ4v) is 2.93. The summed E-state index contributed by atoms with van der Waals surface area (Å²) in [6.45, 7) is 4.07. The molecular formula is C24H24ClN5O2. The lowest BCUT2D eigenvalue weighted by molar-refractivity contribution is -0.119. The molecule has 8 heteroatoms. The number of carbonyl (C=O) groups excluding carboxylic acids is 2. The summed E-state index contributed by atoms with van der Waals surface area (Å²) in [4.78, 5) is 32.6. The first kappa shape index (κ1) is 23.0. The molecule has 1 heterocycles. The molecular weight excluding hydrogens is 426 g/mol. The van der Waals surface area contributed by atoms with E-state index in [9.17, 15) is 9.59 Å². The summed E-state index contributed by atoms with van der Waals surface area (Å²) >= 11 is 6.23. The first-order chi connectivity index (χ1) is 15.4. The molecule has 0 bridgehead atoms. The minimum Gasteiger partial charge on any atom is -0.352 e. The number of pyridine rings is 1. The molecule has 0 aliphatic carbocycles. The maximum Gasteiger partial charge on any atom is 0.257 e. The van der Waals surface area contributed by atoms with Crippen LogP contribution in [0.1, 0.15) is 34.1 Å². The monoisotopic (exact) mass is 449 g/mol. The Kier molecular flexibility index (Phi) is 7.94. The van der Waals surface area contributed by atoms with Gasteiger partial charge in [0.25, 0.3) is 5.91 Å². The second-order valence-electron chi connectivity index (χ2n) is 7.14. The zero-order chi connectivity index (χ0) is 22.9. The molecule has 2 amide bonds. The van der Waals surface area contributed by atoms with Crippen molar-refractivity contribution in [3.8, 4) is 0 Å². The van der Waals surface area contributed by atoms with Crippen LogP contribution in [-0.2, 0) is 17.9 Å². The number of nitrogens with zero attached hydrogens (tertiary/aromatic N) is 2. The number of hydrogen-bond acceptors (Lipinski definition) is 4. The van der Waals surface area contributed by atoms with Crippen molar-refractivity contribution < 1.29 is 9.59 Å². The van der Waals surface area contributed by atoms with Gasteiger partial charge in [0.1, 0.15) is 0 Å². The first-order valence-electron chi connectivity index (χ1n) is 10.0. The van der Waals surface area contributed by atoms with Crippen LogP contribution in [0, 0.1) is 6.92 Å². The Morgan fingerprint density at radius 1 is 1.06 bits per heavy atom. The van der Waals surface area contributed by atoms with Gasteiger partial charge in [-0.2, -0.15) is 0 Å². The van der Waals surface area contributed by atoms with Gasteiger partial charge >= 0.3 is 0 Å². The van der Waals surface area contributed by atoms with E-state index in [1.54, 1.807) is 36.5 Å². The molecule has 32 heavy (non-hydrogen) atoms. The highest BCUT2D eigenvalue weighted by atomic mass is 35.5. The Bertz CT molecular complexity index is 1110. The zero-order valence-corrected chi connectivity index (χ0v) is 18.6. The van der Waals surface area contributed by atoms with Gasteiger partial charge in [0.05, 0.1) is 12.2 Å². The van der Waals surface area contributed by atoms with Gasteiger partial charge in [-0.15, -0.1) is 0 Å². The third kappa shape index (κ3) is 6.92. The molecule has 0 aliphatic heterocycles. The van der Waals surface area contributed by atoms with Crippen molar-refractivity contribution in [2.75, 3.05) is 5.32 Å². The smallest absolute Gasteiger partial charge is 0.257 e. The van der Waals surface area contributed by atoms with Crippen LogP contribution in [-0.4, -0.2) is 22.8 Å². The lowest BCUT2D eigenvalue weighted by atomic mass is 10.1. The molecule has 3 N–H and O–H groups in total. The topological polar surface area (TPSA) is 95.5 Å². The molecule has 0 saturated heterocycles. The minimum absolute atomic E-state index is 0.108. The number of aryl methyl sites for hydroxylation is 1. The van der Waals surface area contributed by atoms with E-state index < -0.39 is 0 Å². The van der Waals surface area contributed by atoms with E-state index in [1.165, 1.54) is 6.92 Å². The van der Waals surface area contributed by atoms with Crippen LogP contribution in [0.5, 0.6) is 0 Å². The molecule has 0 saturated carbocycles. The fourth-order valence-electron chi connectivity index (χ4n) is 2.75. The summed E-state index contributed by atoms with van der Waals surface area (Å²) in [6, 6.07) is 18.1. The van der Waals surface area contributed by atoms with Crippen molar-refractivity contribution in [1.82, 2.24) is 15.6 Å². The van der Waals surface area contributed by atoms with Crippen LogP contribution in [0.2, 0.25) is 5.02 Å². The lowest BCUT2D eigenvalue weighted by Gasteiger charge is -2.13. The predicted octanol–water partition coefficient (Wildman–Crippen LogP) is 4.08. The SMILES string of the molecule is CC(=O)NCc1ccc(C(=O)NC(=NCc2ccccn2)Nc2ccc(C)c(Cl)c2)cc1. The van der Waals surface area contributed by atoms with Crippen LogP contribution >= 0.6 is 11.6 Å². The van der Waals surface area contributed by atoms with E-state index in [1.807, 2.05) is 37.3 Å². The molecule has 1 aromatic heterocycles. The number of guanidine groups is 1. The maximum atomic E-state index is 12.8. The highest BCUT2D eigenvalue weighted by Gasteiger charge is 2.11. The van der Waals surface area contributed by atoms with E-state index in [-0.39, 0.29) is 17.8 Å². The molecule has 7 nitrogen and oxygen atoms in total. The van der Waals surface area contributed by atoms with Gasteiger partial charge < -0.3 is 10.6 Å². The fraction of sp³-hybridized carbons (Fsp3) is 0.167. The average Bonchev–Trinajstić information content (AvgIpc) is 2.79. The summed E-state index contributed by atoms with van der Waals surface area (Å²) in [5, 5.41) is 9.27. The highest BCUT2D eigenvalue weighted by Crippen LogP contribution is 2.20. The van der Waals surface area contributed by atoms with E-state index in [2.05, 4.69) is 25.9 Å². The number of aliphatic imine (C=N–C) groups is 1. The lowest BCUT2D eigenvalue weighted by Crippen LogP contribution is -2.36. The number of aromatic nitrogens is 1. The molecule has 0 spiro atoms. The quantitative estimate of drug-likeness (QED) is 0.390. The second kappa shape index (κ2) is 11.1. The number of hydrogen-bond donors (Lipinski definition) is 3. The van der Waals surface area contributed by atoms with E-state index in [0.29, 0.717) is 29.4 Å². The molecule has 3 aromatic rings. The van der Waals surface area contributed by atoms with Gasteiger partial charge in [-0.1, -0.05) is 35.9 Å². The third-order valence-electron chi connectivity index (χ3n) is 4.55. The Balaban J connectivity index is 1.75. The van der Waals surface area contributed by atoms with Crippen molar-refractivity contribution in [2.24, 2.45) is 4.99 Å². The van der Waals surface area contributed by atoms with E-state index >= 15 is 0 Å². The minimum atomic E-state index is -0.318. The predicted molar refractivity (Wildman–Crippen MR) is 127 cm³/mol. The number of anilines is 1. The van der Waals surface area contributed by atoms with Crippen LogP contribution in [0.3, 0.4) is 0 Å². The normalized spacial score (nSPS) is 11.0. The van der Waals surface area contributed by atoms with Gasteiger partial charge in [0.2, 0.25) is 11.9 Å². The summed E-state index contributed by atoms with van der Waals surface area (Å²) in [6.07, 6.45) is 1.69. The van der Waals surface area contributed by atoms with Gasteiger partial charge in [-0.25, -0.2) is 4.99 Å². The van der Waals surface area contributed by atoms with Gasteiger partial charge in [-0.05, 0) is 54.4 Å². The molecule has 3 rings (SSSR count). The molecule has 0 unspecified atom stereocenters. The third-order valence-corrected chi connectivity index (χ3v) is 4.96. The summed E-state index contributed by atoms with van der Waals surface area (Å²) in [5.41, 5.74) is 3.78. The van der Waals surface area contributed by atoms with Gasteiger partial charge in [0, 0.05) is 35.9 Å². The highest BCUT2D eigenvalue weighted by molar-refractivity contribution is 6.31. The number of benzene rings is 2. The number of nitrogens with one attached hydrogen (secondary N) is 3. The summed E-state index contributed by atoms with van der Waals surface area (Å²) < 4.78 is 0. The second-order valence-corrected chi connectivity index (χ2v) is 7.54. The number of rotatable bonds is 6. The number of amides is 2. The van der Waals surface area contributed by atoms with Crippen molar-refractivity contribution in [3.05, 3.63) is 94.3 Å². The standard InChI is InChI=1S/C24H24ClN5O2/c1-16-6-11-20(13-22(16)25)29-24(28-15-21-5-3-4-12-26-21)30-23(32)19-9-7-18(8-10-19)14-27-17(2)31/h3-13H,14-15H2,1-2H3,(H,27,31)(H2,28,29,30,32). The van der Waals surface area contributed by atoms with E-state index in [0.717, 1.165) is 16.8 Å². The zero-order valence-electron chi connectivity index (χ0n) is 17.9. The van der Waals surface area contributed by atoms with Crippen molar-refractivity contribution in [3.63, 3.8) is 0 Å². The number of halogens is 1. The van der Waals surface area contributed by atoms with Crippen LogP contribution in [0.4, 0.5) is 5.69 Å². The Labute approximate surface area is 191 Å². The van der Waals surface area contributed by atoms with Gasteiger partial charge in [0.15, 0.2) is 0 Å². The molecule has 0 aliphatic rings. The number of carbonyl (C=O) groups is 2. The van der Waals surface area contributed by atoms with Crippen molar-refractivity contribution >= 4 is 35.1 Å². The summed E-state index contributed by atoms with van der Waals surface area (Å²) in [7, 11) is 0. The van der Waals surface area contributed by atoms with Crippen molar-refractivity contribution in [1.29, 1.82) is 0 Å². The van der Waals surface area contributed by atoms with Gasteiger partial charge in [-0.3, -0.25) is 19.9 Å². The average molecular weight is 450 g/mol. The molecule has 164 valence electrons. The molecule has 0 radical (unpaired) electrons. The first-order valence-corrected chi connectivity index (χ1v) is 10.4. The Morgan fingerprint density at radius 3 is 2.50 bits per heavy atom. The summed E-state index contributed by atoms with van der Waals surface area (Å²) in [5.74, 6) is -0.146. The van der Waals surface area contributed by atoms with Crippen LogP contribution < -0.4 is 16.0 Å². The van der Waals surface area contributed by atoms with Crippen LogP contribution in [0.15, 0.2) is 71.9 Å². The van der Waals surface area contributed by atoms with Crippen LogP contribution in [0.25, 0.3) is 0 Å². The Hall–Kier alpha value is -3.71. The largest absolute Gasteiger partial charge is 0.352 e.